The molecule has 0 unspecified atom stereocenters. The van der Waals surface area contributed by atoms with Gasteiger partial charge in [-0.25, -0.2) is 0 Å². The van der Waals surface area contributed by atoms with E-state index < -0.39 is 5.54 Å². The van der Waals surface area contributed by atoms with E-state index in [-0.39, 0.29) is 17.2 Å². The van der Waals surface area contributed by atoms with Gasteiger partial charge in [-0.1, -0.05) is 32.4 Å². The Morgan fingerprint density at radius 1 is 1.17 bits per heavy atom. The van der Waals surface area contributed by atoms with E-state index in [1.165, 1.54) is 0 Å². The predicted molar refractivity (Wildman–Crippen MR) is 94.8 cm³/mol. The molecule has 0 aliphatic carbocycles. The van der Waals surface area contributed by atoms with E-state index in [1.807, 2.05) is 34.6 Å². The quantitative estimate of drug-likeness (QED) is 0.770. The van der Waals surface area contributed by atoms with Crippen LogP contribution in [0.15, 0.2) is 18.2 Å². The van der Waals surface area contributed by atoms with Gasteiger partial charge in [-0.2, -0.15) is 0 Å². The molecule has 1 aromatic carbocycles. The summed E-state index contributed by atoms with van der Waals surface area (Å²) in [6.07, 6.45) is 0.387. The molecule has 6 heteroatoms. The highest BCUT2D eigenvalue weighted by atomic mass is 35.5. The van der Waals surface area contributed by atoms with Gasteiger partial charge in [0.15, 0.2) is 0 Å². The molecule has 0 atom stereocenters. The van der Waals surface area contributed by atoms with Gasteiger partial charge in [-0.15, -0.1) is 0 Å². The number of benzene rings is 1. The molecule has 2 amide bonds. The molecule has 1 aromatic rings. The van der Waals surface area contributed by atoms with Crippen LogP contribution in [0.5, 0.6) is 0 Å². The first-order valence-electron chi connectivity index (χ1n) is 7.54. The molecule has 1 rings (SSSR count). The Morgan fingerprint density at radius 2 is 1.78 bits per heavy atom. The van der Waals surface area contributed by atoms with Crippen LogP contribution >= 0.6 is 11.6 Å². The van der Waals surface area contributed by atoms with Crippen LogP contribution in [0.1, 0.15) is 51.4 Å². The number of nitrogens with two attached hydrogens (primary N) is 1. The van der Waals surface area contributed by atoms with Gasteiger partial charge in [0.05, 0.1) is 10.6 Å². The third-order valence-electron chi connectivity index (χ3n) is 2.89. The lowest BCUT2D eigenvalue weighted by Gasteiger charge is -2.19. The molecule has 0 heterocycles. The summed E-state index contributed by atoms with van der Waals surface area (Å²) < 4.78 is 0. The minimum atomic E-state index is -0.513. The molecule has 4 N–H and O–H groups in total. The number of rotatable bonds is 5. The first-order valence-corrected chi connectivity index (χ1v) is 7.92. The van der Waals surface area contributed by atoms with E-state index in [9.17, 15) is 9.59 Å². The third kappa shape index (κ3) is 7.48. The van der Waals surface area contributed by atoms with Crippen LogP contribution in [-0.2, 0) is 4.79 Å². The van der Waals surface area contributed by atoms with Crippen molar-refractivity contribution in [2.24, 2.45) is 11.1 Å². The maximum Gasteiger partial charge on any atom is 0.252 e. The SMILES string of the molecule is CC(C)(C)CC(=O)Nc1ccc(Cl)c(C(=O)NCC(C)(C)N)c1. The van der Waals surface area contributed by atoms with Crippen molar-refractivity contribution in [1.29, 1.82) is 0 Å². The van der Waals surface area contributed by atoms with Crippen LogP contribution in [0.3, 0.4) is 0 Å². The number of anilines is 1. The molecule has 23 heavy (non-hydrogen) atoms. The number of carbonyl (C=O) groups is 2. The number of carbonyl (C=O) groups excluding carboxylic acids is 2. The fourth-order valence-corrected chi connectivity index (χ4v) is 2.07. The van der Waals surface area contributed by atoms with Gasteiger partial charge in [-0.05, 0) is 37.5 Å². The van der Waals surface area contributed by atoms with E-state index >= 15 is 0 Å². The minimum Gasteiger partial charge on any atom is -0.350 e. The van der Waals surface area contributed by atoms with E-state index in [2.05, 4.69) is 10.6 Å². The number of hydrogen-bond donors (Lipinski definition) is 3. The lowest BCUT2D eigenvalue weighted by molar-refractivity contribution is -0.117. The van der Waals surface area contributed by atoms with Crippen LogP contribution < -0.4 is 16.4 Å². The molecule has 0 aliphatic rings. The second-order valence-electron chi connectivity index (χ2n) is 7.65. The fourth-order valence-electron chi connectivity index (χ4n) is 1.87. The molecule has 0 fully saturated rings. The first-order chi connectivity index (χ1) is 10.4. The van der Waals surface area contributed by atoms with Crippen molar-refractivity contribution in [3.8, 4) is 0 Å². The number of amides is 2. The van der Waals surface area contributed by atoms with Crippen LogP contribution in [0.2, 0.25) is 5.02 Å². The van der Waals surface area contributed by atoms with Crippen molar-refractivity contribution in [3.05, 3.63) is 28.8 Å². The fraction of sp³-hybridized carbons (Fsp3) is 0.529. The first kappa shape index (κ1) is 19.5. The summed E-state index contributed by atoms with van der Waals surface area (Å²) in [6, 6.07) is 4.84. The van der Waals surface area contributed by atoms with Gasteiger partial charge >= 0.3 is 0 Å². The minimum absolute atomic E-state index is 0.103. The largest absolute Gasteiger partial charge is 0.350 e. The summed E-state index contributed by atoms with van der Waals surface area (Å²) in [7, 11) is 0. The summed E-state index contributed by atoms with van der Waals surface area (Å²) in [6.45, 7) is 9.92. The Hall–Kier alpha value is -1.59. The molecule has 0 saturated carbocycles. The lowest BCUT2D eigenvalue weighted by Crippen LogP contribution is -2.45. The lowest BCUT2D eigenvalue weighted by atomic mass is 9.92. The molecule has 0 radical (unpaired) electrons. The highest BCUT2D eigenvalue weighted by Gasteiger charge is 2.18. The molecule has 5 nitrogen and oxygen atoms in total. The Balaban J connectivity index is 2.83. The van der Waals surface area contributed by atoms with Gasteiger partial charge in [0.25, 0.3) is 5.91 Å². The van der Waals surface area contributed by atoms with E-state index in [1.54, 1.807) is 18.2 Å². The summed E-state index contributed by atoms with van der Waals surface area (Å²) in [5.41, 5.74) is 6.08. The number of hydrogen-bond acceptors (Lipinski definition) is 3. The van der Waals surface area contributed by atoms with Crippen molar-refractivity contribution in [1.82, 2.24) is 5.32 Å². The van der Waals surface area contributed by atoms with Gasteiger partial charge < -0.3 is 16.4 Å². The number of nitrogens with one attached hydrogen (secondary N) is 2. The Labute approximate surface area is 143 Å². The second-order valence-corrected chi connectivity index (χ2v) is 8.06. The van der Waals surface area contributed by atoms with E-state index in [4.69, 9.17) is 17.3 Å². The topological polar surface area (TPSA) is 84.2 Å². The van der Waals surface area contributed by atoms with Gasteiger partial charge in [0.1, 0.15) is 0 Å². The number of halogens is 1. The second kappa shape index (κ2) is 7.32. The molecular weight excluding hydrogens is 314 g/mol. The Morgan fingerprint density at radius 3 is 2.30 bits per heavy atom. The average Bonchev–Trinajstić information content (AvgIpc) is 2.35. The van der Waals surface area contributed by atoms with Crippen LogP contribution in [-0.4, -0.2) is 23.9 Å². The Kier molecular flexibility index (Phi) is 6.19. The maximum atomic E-state index is 12.2. The highest BCUT2D eigenvalue weighted by Crippen LogP contribution is 2.23. The van der Waals surface area contributed by atoms with Crippen LogP contribution in [0.25, 0.3) is 0 Å². The molecule has 0 saturated heterocycles. The third-order valence-corrected chi connectivity index (χ3v) is 3.22. The van der Waals surface area contributed by atoms with Crippen molar-refractivity contribution in [2.75, 3.05) is 11.9 Å². The summed E-state index contributed by atoms with van der Waals surface area (Å²) in [5.74, 6) is -0.422. The standard InChI is InChI=1S/C17H26ClN3O2/c1-16(2,3)9-14(22)21-11-6-7-13(18)12(8-11)15(23)20-10-17(4,5)19/h6-8H,9-10,19H2,1-5H3,(H,20,23)(H,21,22). The normalized spacial score (nSPS) is 12.0. The zero-order valence-electron chi connectivity index (χ0n) is 14.4. The zero-order chi connectivity index (χ0) is 17.8. The molecular formula is C17H26ClN3O2. The molecule has 0 aromatic heterocycles. The highest BCUT2D eigenvalue weighted by molar-refractivity contribution is 6.34. The maximum absolute atomic E-state index is 12.2. The smallest absolute Gasteiger partial charge is 0.252 e. The van der Waals surface area contributed by atoms with Gasteiger partial charge in [-0.3, -0.25) is 9.59 Å². The predicted octanol–water partition coefficient (Wildman–Crippen LogP) is 3.18. The molecule has 0 spiro atoms. The summed E-state index contributed by atoms with van der Waals surface area (Å²) in [5, 5.41) is 5.85. The molecule has 0 aliphatic heterocycles. The van der Waals surface area contributed by atoms with Gasteiger partial charge in [0.2, 0.25) is 5.91 Å². The zero-order valence-corrected chi connectivity index (χ0v) is 15.2. The van der Waals surface area contributed by atoms with Crippen molar-refractivity contribution < 1.29 is 9.59 Å². The van der Waals surface area contributed by atoms with Gasteiger partial charge in [0, 0.05) is 24.2 Å². The monoisotopic (exact) mass is 339 g/mol. The summed E-state index contributed by atoms with van der Waals surface area (Å²) in [4.78, 5) is 24.2. The van der Waals surface area contributed by atoms with Crippen molar-refractivity contribution in [2.45, 2.75) is 46.6 Å². The van der Waals surface area contributed by atoms with Crippen molar-refractivity contribution in [3.63, 3.8) is 0 Å². The van der Waals surface area contributed by atoms with Crippen molar-refractivity contribution >= 4 is 29.1 Å². The van der Waals surface area contributed by atoms with Crippen LogP contribution in [0, 0.1) is 5.41 Å². The van der Waals surface area contributed by atoms with E-state index in [0.717, 1.165) is 0 Å². The van der Waals surface area contributed by atoms with E-state index in [0.29, 0.717) is 29.2 Å². The molecule has 0 bridgehead atoms. The molecule has 128 valence electrons. The summed E-state index contributed by atoms with van der Waals surface area (Å²) >= 11 is 6.08. The van der Waals surface area contributed by atoms with Crippen LogP contribution in [0.4, 0.5) is 5.69 Å². The Bertz CT molecular complexity index is 586. The average molecular weight is 340 g/mol.